The van der Waals surface area contributed by atoms with Gasteiger partial charge in [0.25, 0.3) is 0 Å². The Morgan fingerprint density at radius 3 is 2.50 bits per heavy atom. The van der Waals surface area contributed by atoms with Crippen LogP contribution < -0.4 is 15.4 Å². The number of hydrogen-bond acceptors (Lipinski definition) is 3. The number of hydrogen-bond donors (Lipinski definition) is 1. The second-order valence-electron chi connectivity index (χ2n) is 5.30. The maximum absolute atomic E-state index is 5.93. The van der Waals surface area contributed by atoms with E-state index in [1.54, 1.807) is 0 Å². The van der Waals surface area contributed by atoms with Gasteiger partial charge in [0.2, 0.25) is 0 Å². The number of ether oxygens (including phenoxy) is 1. The molecule has 1 aromatic rings. The molecule has 0 bridgehead atoms. The Hall–Kier alpha value is -1.38. The normalized spacial score (nSPS) is 11.4. The maximum Gasteiger partial charge on any atom is 0.144 e. The molecule has 0 atom stereocenters. The molecule has 0 saturated heterocycles. The molecule has 2 N–H and O–H groups in total. The summed E-state index contributed by atoms with van der Waals surface area (Å²) < 4.78 is 5.67. The van der Waals surface area contributed by atoms with Crippen LogP contribution in [0.5, 0.6) is 5.75 Å². The van der Waals surface area contributed by atoms with E-state index in [1.807, 2.05) is 18.2 Å². The van der Waals surface area contributed by atoms with Gasteiger partial charge in [0.05, 0.1) is 12.3 Å². The number of nitrogens with zero attached hydrogens (tertiary/aromatic N) is 1. The minimum Gasteiger partial charge on any atom is -0.491 e. The molecule has 0 aliphatic heterocycles. The van der Waals surface area contributed by atoms with Crippen LogP contribution in [0, 0.1) is 0 Å². The van der Waals surface area contributed by atoms with Gasteiger partial charge in [0.15, 0.2) is 0 Å². The topological polar surface area (TPSA) is 38.5 Å². The number of benzene rings is 1. The molecular formula is C15H26N2O. The maximum atomic E-state index is 5.93. The Bertz CT molecular complexity index is 388. The second-order valence-corrected chi connectivity index (χ2v) is 5.30. The van der Waals surface area contributed by atoms with Crippen LogP contribution in [0.4, 0.5) is 11.4 Å². The van der Waals surface area contributed by atoms with Gasteiger partial charge in [-0.05, 0) is 38.8 Å². The van der Waals surface area contributed by atoms with Crippen molar-refractivity contribution in [2.24, 2.45) is 0 Å². The quantitative estimate of drug-likeness (QED) is 0.783. The van der Waals surface area contributed by atoms with E-state index in [9.17, 15) is 0 Å². The molecule has 0 radical (unpaired) electrons. The molecule has 0 aliphatic rings. The first kappa shape index (κ1) is 14.7. The molecule has 3 heteroatoms. The zero-order valence-electron chi connectivity index (χ0n) is 12.3. The van der Waals surface area contributed by atoms with Crippen LogP contribution in [0.3, 0.4) is 0 Å². The van der Waals surface area contributed by atoms with Crippen molar-refractivity contribution >= 4 is 11.4 Å². The van der Waals surface area contributed by atoms with Crippen molar-refractivity contribution in [1.82, 2.24) is 0 Å². The Morgan fingerprint density at radius 2 is 1.94 bits per heavy atom. The number of nitrogens with two attached hydrogens (primary N) is 1. The highest BCUT2D eigenvalue weighted by Gasteiger charge is 2.22. The molecule has 18 heavy (non-hydrogen) atoms. The first-order valence-electron chi connectivity index (χ1n) is 6.68. The van der Waals surface area contributed by atoms with Crippen molar-refractivity contribution in [2.75, 3.05) is 24.3 Å². The highest BCUT2D eigenvalue weighted by molar-refractivity contribution is 5.62. The van der Waals surface area contributed by atoms with Crippen molar-refractivity contribution < 1.29 is 4.74 Å². The van der Waals surface area contributed by atoms with Gasteiger partial charge >= 0.3 is 0 Å². The van der Waals surface area contributed by atoms with Gasteiger partial charge in [-0.1, -0.05) is 13.8 Å². The van der Waals surface area contributed by atoms with Crippen LogP contribution in [0.15, 0.2) is 18.2 Å². The lowest BCUT2D eigenvalue weighted by Crippen LogP contribution is -2.40. The van der Waals surface area contributed by atoms with Gasteiger partial charge in [-0.2, -0.15) is 0 Å². The van der Waals surface area contributed by atoms with Gasteiger partial charge in [-0.15, -0.1) is 0 Å². The van der Waals surface area contributed by atoms with Gasteiger partial charge in [-0.3, -0.25) is 0 Å². The lowest BCUT2D eigenvalue weighted by Gasteiger charge is -2.37. The summed E-state index contributed by atoms with van der Waals surface area (Å²) in [5, 5.41) is 0. The van der Waals surface area contributed by atoms with Crippen molar-refractivity contribution in [3.8, 4) is 5.75 Å². The molecule has 0 aromatic heterocycles. The average Bonchev–Trinajstić information content (AvgIpc) is 2.37. The van der Waals surface area contributed by atoms with Crippen LogP contribution in [0.2, 0.25) is 0 Å². The van der Waals surface area contributed by atoms with E-state index in [1.165, 1.54) is 0 Å². The molecule has 0 aliphatic carbocycles. The zero-order valence-corrected chi connectivity index (χ0v) is 12.3. The van der Waals surface area contributed by atoms with Crippen LogP contribution in [-0.4, -0.2) is 19.2 Å². The zero-order chi connectivity index (χ0) is 13.8. The summed E-state index contributed by atoms with van der Waals surface area (Å²) in [5.74, 6) is 0.785. The van der Waals surface area contributed by atoms with Crippen molar-refractivity contribution in [2.45, 2.75) is 46.1 Å². The summed E-state index contributed by atoms with van der Waals surface area (Å²) in [6, 6.07) is 6.00. The van der Waals surface area contributed by atoms with Crippen molar-refractivity contribution in [1.29, 1.82) is 0 Å². The van der Waals surface area contributed by atoms with Crippen molar-refractivity contribution in [3.05, 3.63) is 18.2 Å². The third kappa shape index (κ3) is 3.31. The highest BCUT2D eigenvalue weighted by Crippen LogP contribution is 2.31. The van der Waals surface area contributed by atoms with Crippen LogP contribution in [0.1, 0.15) is 40.5 Å². The van der Waals surface area contributed by atoms with Crippen molar-refractivity contribution in [3.63, 3.8) is 0 Å². The Kier molecular flexibility index (Phi) is 4.88. The minimum absolute atomic E-state index is 0.123. The summed E-state index contributed by atoms with van der Waals surface area (Å²) >= 11 is 0. The van der Waals surface area contributed by atoms with Crippen LogP contribution in [0.25, 0.3) is 0 Å². The Balaban J connectivity index is 2.97. The SMILES string of the molecule is CCCOc1cc(N(C)C(C)(C)CC)ccc1N. The summed E-state index contributed by atoms with van der Waals surface area (Å²) in [6.45, 7) is 9.45. The summed E-state index contributed by atoms with van der Waals surface area (Å²) in [4.78, 5) is 2.27. The third-order valence-electron chi connectivity index (χ3n) is 3.62. The Morgan fingerprint density at radius 1 is 1.28 bits per heavy atom. The lowest BCUT2D eigenvalue weighted by molar-refractivity contribution is 0.319. The molecule has 102 valence electrons. The number of rotatable bonds is 6. The monoisotopic (exact) mass is 250 g/mol. The van der Waals surface area contributed by atoms with Crippen LogP contribution >= 0.6 is 0 Å². The fraction of sp³-hybridized carbons (Fsp3) is 0.600. The standard InChI is InChI=1S/C15H26N2O/c1-6-10-18-14-11-12(8-9-13(14)16)17(5)15(3,4)7-2/h8-9,11H,6-7,10,16H2,1-5H3. The molecule has 3 nitrogen and oxygen atoms in total. The smallest absolute Gasteiger partial charge is 0.144 e. The molecule has 1 rings (SSSR count). The first-order valence-corrected chi connectivity index (χ1v) is 6.68. The molecule has 0 amide bonds. The van der Waals surface area contributed by atoms with E-state index in [2.05, 4.69) is 39.6 Å². The average molecular weight is 250 g/mol. The van der Waals surface area contributed by atoms with E-state index in [0.717, 1.165) is 24.3 Å². The fourth-order valence-electron chi connectivity index (χ4n) is 1.66. The van der Waals surface area contributed by atoms with Gasteiger partial charge in [-0.25, -0.2) is 0 Å². The second kappa shape index (κ2) is 5.98. The number of nitrogen functional groups attached to an aromatic ring is 1. The minimum atomic E-state index is 0.123. The van der Waals surface area contributed by atoms with E-state index < -0.39 is 0 Å². The summed E-state index contributed by atoms with van der Waals surface area (Å²) in [5.41, 5.74) is 7.90. The van der Waals surface area contributed by atoms with E-state index in [0.29, 0.717) is 12.3 Å². The number of anilines is 2. The largest absolute Gasteiger partial charge is 0.491 e. The predicted molar refractivity (Wildman–Crippen MR) is 79.4 cm³/mol. The summed E-state index contributed by atoms with van der Waals surface area (Å²) in [7, 11) is 2.11. The molecule has 0 heterocycles. The Labute approximate surface area is 111 Å². The van der Waals surface area contributed by atoms with E-state index in [4.69, 9.17) is 10.5 Å². The van der Waals surface area contributed by atoms with Gasteiger partial charge in [0, 0.05) is 24.3 Å². The fourth-order valence-corrected chi connectivity index (χ4v) is 1.66. The third-order valence-corrected chi connectivity index (χ3v) is 3.62. The first-order chi connectivity index (χ1) is 8.42. The molecule has 0 fully saturated rings. The molecule has 0 saturated carbocycles. The van der Waals surface area contributed by atoms with E-state index >= 15 is 0 Å². The van der Waals surface area contributed by atoms with Gasteiger partial charge in [0.1, 0.15) is 5.75 Å². The molecule has 0 unspecified atom stereocenters. The lowest BCUT2D eigenvalue weighted by atomic mass is 9.99. The van der Waals surface area contributed by atoms with Gasteiger partial charge < -0.3 is 15.4 Å². The molecule has 0 spiro atoms. The van der Waals surface area contributed by atoms with E-state index in [-0.39, 0.29) is 5.54 Å². The summed E-state index contributed by atoms with van der Waals surface area (Å²) in [6.07, 6.45) is 2.07. The predicted octanol–water partition coefficient (Wildman–Crippen LogP) is 3.68. The highest BCUT2D eigenvalue weighted by atomic mass is 16.5. The molecular weight excluding hydrogens is 224 g/mol. The van der Waals surface area contributed by atoms with Crippen LogP contribution in [-0.2, 0) is 0 Å². The molecule has 1 aromatic carbocycles.